The third-order valence-corrected chi connectivity index (χ3v) is 6.96. The molecule has 1 saturated carbocycles. The van der Waals surface area contributed by atoms with Crippen LogP contribution in [-0.4, -0.2) is 55.9 Å². The van der Waals surface area contributed by atoms with Crippen LogP contribution in [0.2, 0.25) is 0 Å². The first kappa shape index (κ1) is 17.1. The van der Waals surface area contributed by atoms with Gasteiger partial charge in [0.25, 0.3) is 0 Å². The molecular formula is C19H25N7S. The lowest BCUT2D eigenvalue weighted by Gasteiger charge is -2.44. The highest BCUT2D eigenvalue weighted by atomic mass is 32.1. The average Bonchev–Trinajstić information content (AvgIpc) is 3.35. The van der Waals surface area contributed by atoms with Gasteiger partial charge in [0.05, 0.1) is 10.7 Å². The van der Waals surface area contributed by atoms with Crippen LogP contribution in [0.1, 0.15) is 48.1 Å². The first-order valence-corrected chi connectivity index (χ1v) is 10.6. The average molecular weight is 384 g/mol. The van der Waals surface area contributed by atoms with E-state index in [-0.39, 0.29) is 0 Å². The van der Waals surface area contributed by atoms with Crippen LogP contribution in [0.4, 0.5) is 5.82 Å². The van der Waals surface area contributed by atoms with Crippen LogP contribution in [0, 0.1) is 6.92 Å². The molecule has 4 heterocycles. The van der Waals surface area contributed by atoms with E-state index in [2.05, 4.69) is 37.5 Å². The summed E-state index contributed by atoms with van der Waals surface area (Å²) in [7, 11) is 2.21. The number of rotatable bonds is 5. The van der Waals surface area contributed by atoms with Gasteiger partial charge in [-0.25, -0.2) is 4.98 Å². The molecular weight excluding hydrogens is 358 g/mol. The fourth-order valence-corrected chi connectivity index (χ4v) is 5.10. The van der Waals surface area contributed by atoms with Gasteiger partial charge >= 0.3 is 0 Å². The second kappa shape index (κ2) is 6.83. The first-order valence-electron chi connectivity index (χ1n) is 9.76. The Morgan fingerprint density at radius 3 is 2.81 bits per heavy atom. The maximum atomic E-state index is 4.92. The Kier molecular flexibility index (Phi) is 4.32. The molecule has 2 fully saturated rings. The fourth-order valence-electron chi connectivity index (χ4n) is 4.12. The topological polar surface area (TPSA) is 62.5 Å². The Morgan fingerprint density at radius 1 is 1.19 bits per heavy atom. The summed E-state index contributed by atoms with van der Waals surface area (Å²) in [5.41, 5.74) is 2.02. The zero-order valence-electron chi connectivity index (χ0n) is 15.9. The minimum Gasteiger partial charge on any atom is -0.352 e. The summed E-state index contributed by atoms with van der Waals surface area (Å²) >= 11 is 1.85. The lowest BCUT2D eigenvalue weighted by atomic mass is 10.1. The summed E-state index contributed by atoms with van der Waals surface area (Å²) < 4.78 is 1.81. The van der Waals surface area contributed by atoms with Crippen LogP contribution in [-0.2, 0) is 6.54 Å². The maximum absolute atomic E-state index is 4.92. The smallest absolute Gasteiger partial charge is 0.178 e. The second-order valence-electron chi connectivity index (χ2n) is 7.84. The van der Waals surface area contributed by atoms with Crippen LogP contribution in [0.15, 0.2) is 17.5 Å². The minimum atomic E-state index is 0.543. The van der Waals surface area contributed by atoms with Gasteiger partial charge in [0, 0.05) is 37.0 Å². The SMILES string of the molecule is Cc1nnc2ccc(N3CC(N(C)Cc4csc(C5CCCC5)n4)C3)nn12. The van der Waals surface area contributed by atoms with E-state index in [4.69, 9.17) is 4.98 Å². The van der Waals surface area contributed by atoms with Crippen molar-refractivity contribution in [1.82, 2.24) is 29.7 Å². The lowest BCUT2D eigenvalue weighted by Crippen LogP contribution is -2.58. The molecule has 1 aliphatic carbocycles. The molecule has 8 heteroatoms. The zero-order chi connectivity index (χ0) is 18.4. The molecule has 5 rings (SSSR count). The van der Waals surface area contributed by atoms with E-state index in [9.17, 15) is 0 Å². The number of hydrogen-bond donors (Lipinski definition) is 0. The first-order chi connectivity index (χ1) is 13.2. The monoisotopic (exact) mass is 383 g/mol. The number of hydrogen-bond acceptors (Lipinski definition) is 7. The second-order valence-corrected chi connectivity index (χ2v) is 8.73. The van der Waals surface area contributed by atoms with Crippen LogP contribution in [0.3, 0.4) is 0 Å². The number of aryl methyl sites for hydroxylation is 1. The number of fused-ring (bicyclic) bond motifs is 1. The lowest BCUT2D eigenvalue weighted by molar-refractivity contribution is 0.194. The van der Waals surface area contributed by atoms with E-state index in [1.54, 1.807) is 0 Å². The Morgan fingerprint density at radius 2 is 2.00 bits per heavy atom. The van der Waals surface area contributed by atoms with Crippen LogP contribution in [0.25, 0.3) is 5.65 Å². The van der Waals surface area contributed by atoms with Gasteiger partial charge in [-0.15, -0.1) is 26.6 Å². The summed E-state index contributed by atoms with van der Waals surface area (Å²) in [4.78, 5) is 9.66. The van der Waals surface area contributed by atoms with Crippen LogP contribution >= 0.6 is 11.3 Å². The minimum absolute atomic E-state index is 0.543. The summed E-state index contributed by atoms with van der Waals surface area (Å²) in [6.07, 6.45) is 5.38. The highest BCUT2D eigenvalue weighted by Gasteiger charge is 2.31. The van der Waals surface area contributed by atoms with Crippen molar-refractivity contribution in [2.75, 3.05) is 25.0 Å². The molecule has 3 aromatic rings. The maximum Gasteiger partial charge on any atom is 0.178 e. The molecule has 1 saturated heterocycles. The van der Waals surface area contributed by atoms with Gasteiger partial charge in [-0.05, 0) is 38.9 Å². The van der Waals surface area contributed by atoms with Crippen molar-refractivity contribution in [3.63, 3.8) is 0 Å². The normalized spacial score (nSPS) is 18.7. The third kappa shape index (κ3) is 3.21. The van der Waals surface area contributed by atoms with Gasteiger partial charge < -0.3 is 4.90 Å². The Hall–Kier alpha value is -2.06. The van der Waals surface area contributed by atoms with Crippen molar-refractivity contribution >= 4 is 22.8 Å². The molecule has 2 aliphatic rings. The molecule has 7 nitrogen and oxygen atoms in total. The van der Waals surface area contributed by atoms with Crippen LogP contribution < -0.4 is 4.90 Å². The number of anilines is 1. The third-order valence-electron chi connectivity index (χ3n) is 5.90. The van der Waals surface area contributed by atoms with Gasteiger partial charge in [-0.1, -0.05) is 12.8 Å². The van der Waals surface area contributed by atoms with Gasteiger partial charge in [0.1, 0.15) is 5.82 Å². The number of nitrogens with zero attached hydrogens (tertiary/aromatic N) is 7. The van der Waals surface area contributed by atoms with Crippen molar-refractivity contribution in [1.29, 1.82) is 0 Å². The molecule has 0 spiro atoms. The molecule has 0 N–H and O–H groups in total. The molecule has 0 amide bonds. The summed E-state index contributed by atoms with van der Waals surface area (Å²) in [6.45, 7) is 4.85. The highest BCUT2D eigenvalue weighted by Crippen LogP contribution is 2.35. The van der Waals surface area contributed by atoms with Gasteiger partial charge in [0.2, 0.25) is 0 Å². The van der Waals surface area contributed by atoms with Crippen LogP contribution in [0.5, 0.6) is 0 Å². The van der Waals surface area contributed by atoms with E-state index in [1.165, 1.54) is 36.4 Å². The molecule has 0 unspecified atom stereocenters. The van der Waals surface area contributed by atoms with E-state index in [1.807, 2.05) is 34.9 Å². The summed E-state index contributed by atoms with van der Waals surface area (Å²) in [6, 6.07) is 4.56. The number of thiazole rings is 1. The largest absolute Gasteiger partial charge is 0.352 e. The highest BCUT2D eigenvalue weighted by molar-refractivity contribution is 7.09. The molecule has 27 heavy (non-hydrogen) atoms. The van der Waals surface area contributed by atoms with Crippen molar-refractivity contribution in [3.8, 4) is 0 Å². The standard InChI is InChI=1S/C19H25N7S/c1-13-21-22-17-7-8-18(23-26(13)17)25-10-16(11-25)24(2)9-15-12-27-19(20-15)14-5-3-4-6-14/h7-8,12,14,16H,3-6,9-11H2,1-2H3. The number of aromatic nitrogens is 5. The zero-order valence-corrected chi connectivity index (χ0v) is 16.7. The summed E-state index contributed by atoms with van der Waals surface area (Å²) in [5.74, 6) is 2.53. The van der Waals surface area contributed by atoms with E-state index in [0.717, 1.165) is 42.8 Å². The predicted molar refractivity (Wildman–Crippen MR) is 106 cm³/mol. The van der Waals surface area contributed by atoms with Crippen molar-refractivity contribution in [2.24, 2.45) is 0 Å². The van der Waals surface area contributed by atoms with E-state index in [0.29, 0.717) is 6.04 Å². The Balaban J connectivity index is 1.19. The van der Waals surface area contributed by atoms with Crippen molar-refractivity contribution in [3.05, 3.63) is 34.0 Å². The quantitative estimate of drug-likeness (QED) is 0.675. The molecule has 0 aromatic carbocycles. The van der Waals surface area contributed by atoms with Gasteiger partial charge in [-0.2, -0.15) is 4.52 Å². The molecule has 1 aliphatic heterocycles. The molecule has 3 aromatic heterocycles. The number of likely N-dealkylation sites (N-methyl/N-ethyl adjacent to an activating group) is 1. The Bertz CT molecular complexity index is 937. The van der Waals surface area contributed by atoms with Gasteiger partial charge in [-0.3, -0.25) is 4.90 Å². The fraction of sp³-hybridized carbons (Fsp3) is 0.579. The molecule has 0 atom stereocenters. The van der Waals surface area contributed by atoms with E-state index < -0.39 is 0 Å². The van der Waals surface area contributed by atoms with Crippen molar-refractivity contribution in [2.45, 2.75) is 51.1 Å². The Labute approximate surface area is 163 Å². The summed E-state index contributed by atoms with van der Waals surface area (Å²) in [5, 5.41) is 16.5. The molecule has 142 valence electrons. The van der Waals surface area contributed by atoms with Crippen molar-refractivity contribution < 1.29 is 0 Å². The molecule has 0 bridgehead atoms. The predicted octanol–water partition coefficient (Wildman–Crippen LogP) is 2.87. The van der Waals surface area contributed by atoms with Gasteiger partial charge in [0.15, 0.2) is 11.5 Å². The van der Waals surface area contributed by atoms with E-state index >= 15 is 0 Å². The molecule has 0 radical (unpaired) electrons.